The molecule has 0 aliphatic carbocycles. The first-order valence-corrected chi connectivity index (χ1v) is 8.44. The fourth-order valence-corrected chi connectivity index (χ4v) is 3.93. The van der Waals surface area contributed by atoms with Gasteiger partial charge in [-0.25, -0.2) is 9.97 Å². The predicted octanol–water partition coefficient (Wildman–Crippen LogP) is 3.05. The van der Waals surface area contributed by atoms with Crippen LogP contribution in [0.4, 0.5) is 19.0 Å². The van der Waals surface area contributed by atoms with Crippen LogP contribution < -0.4 is 4.90 Å². The second kappa shape index (κ2) is 6.23. The van der Waals surface area contributed by atoms with Crippen molar-refractivity contribution in [2.45, 2.75) is 12.6 Å². The zero-order valence-corrected chi connectivity index (χ0v) is 14.2. The predicted molar refractivity (Wildman–Crippen MR) is 84.6 cm³/mol. The minimum absolute atomic E-state index is 0.256. The maximum atomic E-state index is 12.3. The number of fused-ring (bicyclic) bond motifs is 1. The van der Waals surface area contributed by atoms with Gasteiger partial charge >= 0.3 is 6.18 Å². The van der Waals surface area contributed by atoms with E-state index in [1.165, 1.54) is 22.6 Å². The molecule has 5 nitrogen and oxygen atoms in total. The number of piperazine rings is 1. The average Bonchev–Trinajstić information content (AvgIpc) is 2.85. The smallest absolute Gasteiger partial charge is 0.352 e. The molecule has 1 fully saturated rings. The third-order valence-corrected chi connectivity index (χ3v) is 5.11. The van der Waals surface area contributed by atoms with E-state index < -0.39 is 18.5 Å². The molecule has 0 atom stereocenters. The molecule has 3 heterocycles. The van der Waals surface area contributed by atoms with Crippen LogP contribution in [0, 0.1) is 0 Å². The lowest BCUT2D eigenvalue weighted by Gasteiger charge is -2.35. The van der Waals surface area contributed by atoms with Crippen LogP contribution in [0.15, 0.2) is 16.2 Å². The monoisotopic (exact) mass is 408 g/mol. The van der Waals surface area contributed by atoms with Crippen molar-refractivity contribution in [3.63, 3.8) is 0 Å². The van der Waals surface area contributed by atoms with Crippen molar-refractivity contribution < 1.29 is 18.0 Å². The Kier molecular flexibility index (Phi) is 4.45. The highest BCUT2D eigenvalue weighted by molar-refractivity contribution is 9.11. The van der Waals surface area contributed by atoms with Gasteiger partial charge in [0.05, 0.1) is 9.17 Å². The van der Waals surface area contributed by atoms with Gasteiger partial charge in [0.1, 0.15) is 23.4 Å². The molecule has 0 N–H and O–H groups in total. The molecule has 0 saturated carbocycles. The summed E-state index contributed by atoms with van der Waals surface area (Å²) >= 11 is 4.90. The number of hydrogen-bond donors (Lipinski definition) is 0. The summed E-state index contributed by atoms with van der Waals surface area (Å²) < 4.78 is 37.8. The fourth-order valence-electron chi connectivity index (χ4n) is 2.52. The molecule has 0 unspecified atom stereocenters. The van der Waals surface area contributed by atoms with Crippen LogP contribution in [-0.2, 0) is 4.79 Å². The lowest BCUT2D eigenvalue weighted by molar-refractivity contribution is -0.161. The Hall–Kier alpha value is -1.42. The van der Waals surface area contributed by atoms with Crippen LogP contribution in [-0.4, -0.2) is 53.1 Å². The Morgan fingerprint density at radius 3 is 2.61 bits per heavy atom. The highest BCUT2D eigenvalue weighted by Crippen LogP contribution is 2.33. The summed E-state index contributed by atoms with van der Waals surface area (Å²) in [6, 6.07) is 1.93. The lowest BCUT2D eigenvalue weighted by atomic mass is 10.2. The highest BCUT2D eigenvalue weighted by atomic mass is 79.9. The summed E-state index contributed by atoms with van der Waals surface area (Å²) in [5, 5.41) is 0.902. The van der Waals surface area contributed by atoms with E-state index >= 15 is 0 Å². The first kappa shape index (κ1) is 16.4. The molecule has 23 heavy (non-hydrogen) atoms. The topological polar surface area (TPSA) is 49.3 Å². The number of halogens is 4. The molecular weight excluding hydrogens is 397 g/mol. The Morgan fingerprint density at radius 1 is 1.26 bits per heavy atom. The summed E-state index contributed by atoms with van der Waals surface area (Å²) in [5.41, 5.74) is 0. The molecule has 1 amide bonds. The first-order valence-electron chi connectivity index (χ1n) is 6.83. The van der Waals surface area contributed by atoms with E-state index in [1.54, 1.807) is 0 Å². The second-order valence-corrected chi connectivity index (χ2v) is 7.54. The third kappa shape index (κ3) is 3.74. The van der Waals surface area contributed by atoms with Crippen LogP contribution in [0.5, 0.6) is 0 Å². The second-order valence-electron chi connectivity index (χ2n) is 5.13. The van der Waals surface area contributed by atoms with Crippen molar-refractivity contribution in [3.8, 4) is 0 Å². The number of amides is 1. The minimum atomic E-state index is -4.46. The molecule has 1 saturated heterocycles. The Bertz CT molecular complexity index is 728. The molecule has 2 aromatic heterocycles. The van der Waals surface area contributed by atoms with E-state index in [0.29, 0.717) is 13.1 Å². The minimum Gasteiger partial charge on any atom is -0.352 e. The normalized spacial score (nSPS) is 16.2. The number of hydrogen-bond acceptors (Lipinski definition) is 5. The number of thiophene rings is 1. The van der Waals surface area contributed by atoms with Crippen molar-refractivity contribution in [2.75, 3.05) is 31.1 Å². The Morgan fingerprint density at radius 2 is 1.96 bits per heavy atom. The number of nitrogens with zero attached hydrogens (tertiary/aromatic N) is 4. The Labute approximate surface area is 142 Å². The summed E-state index contributed by atoms with van der Waals surface area (Å²) in [6.07, 6.45) is -4.39. The maximum Gasteiger partial charge on any atom is 0.397 e. The zero-order chi connectivity index (χ0) is 16.6. The van der Waals surface area contributed by atoms with Gasteiger partial charge in [-0.3, -0.25) is 4.79 Å². The molecule has 0 bridgehead atoms. The number of carbonyl (C=O) groups excluding carboxylic acids is 1. The van der Waals surface area contributed by atoms with Gasteiger partial charge in [-0.05, 0) is 22.0 Å². The van der Waals surface area contributed by atoms with Crippen LogP contribution >= 0.6 is 27.3 Å². The van der Waals surface area contributed by atoms with E-state index in [2.05, 4.69) is 25.9 Å². The highest BCUT2D eigenvalue weighted by Gasteiger charge is 2.34. The van der Waals surface area contributed by atoms with Crippen LogP contribution in [0.2, 0.25) is 0 Å². The summed E-state index contributed by atoms with van der Waals surface area (Å²) in [5.74, 6) is -0.122. The lowest BCUT2D eigenvalue weighted by Crippen LogP contribution is -2.49. The Balaban J connectivity index is 1.70. The summed E-state index contributed by atoms with van der Waals surface area (Å²) in [4.78, 5) is 24.2. The van der Waals surface area contributed by atoms with Crippen LogP contribution in [0.25, 0.3) is 10.2 Å². The summed E-state index contributed by atoms with van der Waals surface area (Å²) in [6.45, 7) is 1.41. The van der Waals surface area contributed by atoms with Crippen molar-refractivity contribution in [1.29, 1.82) is 0 Å². The van der Waals surface area contributed by atoms with E-state index in [9.17, 15) is 18.0 Å². The number of alkyl halides is 3. The third-order valence-electron chi connectivity index (χ3n) is 3.56. The fraction of sp³-hybridized carbons (Fsp3) is 0.462. The summed E-state index contributed by atoms with van der Waals surface area (Å²) in [7, 11) is 0. The number of rotatable bonds is 2. The molecular formula is C13H12BrF3N4OS. The van der Waals surface area contributed by atoms with Gasteiger partial charge in [-0.2, -0.15) is 13.2 Å². The van der Waals surface area contributed by atoms with Gasteiger partial charge < -0.3 is 9.80 Å². The van der Waals surface area contributed by atoms with Gasteiger partial charge in [0.2, 0.25) is 5.91 Å². The number of aromatic nitrogens is 2. The average molecular weight is 409 g/mol. The molecule has 124 valence electrons. The van der Waals surface area contributed by atoms with Crippen molar-refractivity contribution >= 4 is 49.2 Å². The molecule has 1 aliphatic heterocycles. The van der Waals surface area contributed by atoms with Crippen molar-refractivity contribution in [3.05, 3.63) is 16.2 Å². The van der Waals surface area contributed by atoms with Gasteiger partial charge in [0.25, 0.3) is 0 Å². The van der Waals surface area contributed by atoms with Crippen molar-refractivity contribution in [1.82, 2.24) is 14.9 Å². The first-order chi connectivity index (χ1) is 10.8. The zero-order valence-electron chi connectivity index (χ0n) is 11.8. The molecule has 0 radical (unpaired) electrons. The number of anilines is 1. The van der Waals surface area contributed by atoms with Crippen LogP contribution in [0.3, 0.4) is 0 Å². The van der Waals surface area contributed by atoms with Gasteiger partial charge in [0.15, 0.2) is 0 Å². The standard InChI is InChI=1S/C13H12BrF3N4OS/c14-9-5-8-11(18-7-19-12(8)23-9)21-3-1-20(2-4-21)10(22)6-13(15,16)17/h5,7H,1-4,6H2. The molecule has 0 spiro atoms. The SMILES string of the molecule is O=C(CC(F)(F)F)N1CCN(c2ncnc3sc(Br)cc23)CC1. The largest absolute Gasteiger partial charge is 0.397 e. The quantitative estimate of drug-likeness (QED) is 0.765. The van der Waals surface area contributed by atoms with Gasteiger partial charge in [0, 0.05) is 26.2 Å². The van der Waals surface area contributed by atoms with Crippen molar-refractivity contribution in [2.24, 2.45) is 0 Å². The van der Waals surface area contributed by atoms with E-state index in [1.807, 2.05) is 11.0 Å². The molecule has 2 aromatic rings. The van der Waals surface area contributed by atoms with Gasteiger partial charge in [-0.1, -0.05) is 0 Å². The van der Waals surface area contributed by atoms with E-state index in [-0.39, 0.29) is 13.1 Å². The van der Waals surface area contributed by atoms with Gasteiger partial charge in [-0.15, -0.1) is 11.3 Å². The maximum absolute atomic E-state index is 12.3. The molecule has 0 aromatic carbocycles. The van der Waals surface area contributed by atoms with E-state index in [4.69, 9.17) is 0 Å². The molecule has 10 heteroatoms. The molecule has 1 aliphatic rings. The number of carbonyl (C=O) groups is 1. The van der Waals surface area contributed by atoms with E-state index in [0.717, 1.165) is 19.8 Å². The van der Waals surface area contributed by atoms with Crippen LogP contribution in [0.1, 0.15) is 6.42 Å². The molecule has 3 rings (SSSR count).